The van der Waals surface area contributed by atoms with Gasteiger partial charge in [0.2, 0.25) is 0 Å². The molecule has 3 rings (SSSR count). The summed E-state index contributed by atoms with van der Waals surface area (Å²) >= 11 is 0. The van der Waals surface area contributed by atoms with Crippen molar-refractivity contribution in [3.05, 3.63) is 66.5 Å². The molecule has 3 aromatic rings. The van der Waals surface area contributed by atoms with E-state index in [-0.39, 0.29) is 0 Å². The van der Waals surface area contributed by atoms with Crippen molar-refractivity contribution < 1.29 is 9.84 Å². The van der Waals surface area contributed by atoms with Crippen molar-refractivity contribution in [3.63, 3.8) is 0 Å². The van der Waals surface area contributed by atoms with E-state index in [1.807, 2.05) is 43.3 Å². The van der Waals surface area contributed by atoms with Crippen LogP contribution in [0.15, 0.2) is 60.8 Å². The zero-order valence-electron chi connectivity index (χ0n) is 11.9. The van der Waals surface area contributed by atoms with Crippen LogP contribution in [0.25, 0.3) is 10.8 Å². The number of pyridine rings is 1. The monoisotopic (exact) mass is 279 g/mol. The minimum Gasteiger partial charge on any atom is -0.455 e. The van der Waals surface area contributed by atoms with Gasteiger partial charge in [0.05, 0.1) is 18.0 Å². The SMILES string of the molecule is CCC(O)c1ccc(Oc2cccc3ccccc23)cn1. The first kappa shape index (κ1) is 13.6. The molecule has 0 saturated heterocycles. The van der Waals surface area contributed by atoms with Crippen LogP contribution < -0.4 is 4.74 Å². The smallest absolute Gasteiger partial charge is 0.145 e. The minimum atomic E-state index is -0.517. The third-order valence-electron chi connectivity index (χ3n) is 3.46. The summed E-state index contributed by atoms with van der Waals surface area (Å²) in [5.41, 5.74) is 0.669. The Kier molecular flexibility index (Phi) is 3.84. The first-order valence-electron chi connectivity index (χ1n) is 7.07. The molecular formula is C18H17NO2. The number of rotatable bonds is 4. The molecule has 0 aliphatic rings. The summed E-state index contributed by atoms with van der Waals surface area (Å²) in [5, 5.41) is 12.0. The van der Waals surface area contributed by atoms with Crippen molar-refractivity contribution in [1.82, 2.24) is 4.98 Å². The lowest BCUT2D eigenvalue weighted by Crippen LogP contribution is -1.98. The zero-order valence-corrected chi connectivity index (χ0v) is 11.9. The fourth-order valence-corrected chi connectivity index (χ4v) is 2.27. The van der Waals surface area contributed by atoms with Crippen molar-refractivity contribution in [2.75, 3.05) is 0 Å². The molecule has 0 radical (unpaired) electrons. The topological polar surface area (TPSA) is 42.4 Å². The second-order valence-electron chi connectivity index (χ2n) is 4.92. The number of hydrogen-bond acceptors (Lipinski definition) is 3. The van der Waals surface area contributed by atoms with E-state index in [2.05, 4.69) is 17.1 Å². The average molecular weight is 279 g/mol. The molecule has 0 spiro atoms. The Hall–Kier alpha value is -2.39. The van der Waals surface area contributed by atoms with Gasteiger partial charge < -0.3 is 9.84 Å². The molecule has 106 valence electrons. The summed E-state index contributed by atoms with van der Waals surface area (Å²) in [4.78, 5) is 4.25. The van der Waals surface area contributed by atoms with E-state index in [0.717, 1.165) is 16.5 Å². The fourth-order valence-electron chi connectivity index (χ4n) is 2.27. The van der Waals surface area contributed by atoms with E-state index < -0.39 is 6.10 Å². The van der Waals surface area contributed by atoms with Crippen molar-refractivity contribution in [1.29, 1.82) is 0 Å². The van der Waals surface area contributed by atoms with Gasteiger partial charge >= 0.3 is 0 Å². The van der Waals surface area contributed by atoms with Gasteiger partial charge in [-0.3, -0.25) is 4.98 Å². The Balaban J connectivity index is 1.88. The maximum absolute atomic E-state index is 9.75. The fraction of sp³-hybridized carbons (Fsp3) is 0.167. The van der Waals surface area contributed by atoms with Crippen LogP contribution in [0.2, 0.25) is 0 Å². The maximum atomic E-state index is 9.75. The molecule has 3 heteroatoms. The first-order chi connectivity index (χ1) is 10.3. The molecule has 1 heterocycles. The number of benzene rings is 2. The van der Waals surface area contributed by atoms with Gasteiger partial charge in [-0.05, 0) is 30.0 Å². The lowest BCUT2D eigenvalue weighted by atomic mass is 10.1. The molecule has 0 bridgehead atoms. The maximum Gasteiger partial charge on any atom is 0.145 e. The Bertz CT molecular complexity index is 732. The largest absolute Gasteiger partial charge is 0.455 e. The predicted molar refractivity (Wildman–Crippen MR) is 83.5 cm³/mol. The van der Waals surface area contributed by atoms with E-state index in [4.69, 9.17) is 4.74 Å². The third kappa shape index (κ3) is 2.88. The normalized spacial score (nSPS) is 12.3. The van der Waals surface area contributed by atoms with Gasteiger partial charge in [-0.15, -0.1) is 0 Å². The molecule has 0 aliphatic heterocycles. The number of aliphatic hydroxyl groups is 1. The predicted octanol–water partition coefficient (Wildman–Crippen LogP) is 4.47. The first-order valence-corrected chi connectivity index (χ1v) is 7.07. The average Bonchev–Trinajstić information content (AvgIpc) is 2.55. The summed E-state index contributed by atoms with van der Waals surface area (Å²) in [7, 11) is 0. The van der Waals surface area contributed by atoms with Crippen LogP contribution in [-0.4, -0.2) is 10.1 Å². The van der Waals surface area contributed by atoms with Crippen LogP contribution in [0.5, 0.6) is 11.5 Å². The van der Waals surface area contributed by atoms with Gasteiger partial charge in [-0.2, -0.15) is 0 Å². The molecule has 1 atom stereocenters. The van der Waals surface area contributed by atoms with E-state index >= 15 is 0 Å². The van der Waals surface area contributed by atoms with E-state index in [9.17, 15) is 5.11 Å². The molecule has 2 aromatic carbocycles. The molecule has 0 fully saturated rings. The van der Waals surface area contributed by atoms with Crippen LogP contribution in [0, 0.1) is 0 Å². The lowest BCUT2D eigenvalue weighted by molar-refractivity contribution is 0.169. The van der Waals surface area contributed by atoms with Crippen LogP contribution in [-0.2, 0) is 0 Å². The summed E-state index contributed by atoms with van der Waals surface area (Å²) in [5.74, 6) is 1.47. The van der Waals surface area contributed by atoms with Crippen LogP contribution in [0.3, 0.4) is 0 Å². The molecule has 1 N–H and O–H groups in total. The second-order valence-corrected chi connectivity index (χ2v) is 4.92. The number of fused-ring (bicyclic) bond motifs is 1. The Morgan fingerprint density at radius 1 is 1.05 bits per heavy atom. The number of ether oxygens (including phenoxy) is 1. The Morgan fingerprint density at radius 2 is 1.86 bits per heavy atom. The highest BCUT2D eigenvalue weighted by Crippen LogP contribution is 2.29. The number of aromatic nitrogens is 1. The summed E-state index contributed by atoms with van der Waals surface area (Å²) in [6.07, 6.45) is 1.78. The highest BCUT2D eigenvalue weighted by atomic mass is 16.5. The number of hydrogen-bond donors (Lipinski definition) is 1. The van der Waals surface area contributed by atoms with Crippen molar-refractivity contribution in [3.8, 4) is 11.5 Å². The molecule has 3 nitrogen and oxygen atoms in total. The summed E-state index contributed by atoms with van der Waals surface area (Å²) in [6.45, 7) is 1.92. The molecule has 0 aliphatic carbocycles. The zero-order chi connectivity index (χ0) is 14.7. The van der Waals surface area contributed by atoms with Crippen LogP contribution >= 0.6 is 0 Å². The number of nitrogens with zero attached hydrogens (tertiary/aromatic N) is 1. The lowest BCUT2D eigenvalue weighted by Gasteiger charge is -2.10. The summed E-state index contributed by atoms with van der Waals surface area (Å²) < 4.78 is 5.92. The van der Waals surface area contributed by atoms with Crippen molar-refractivity contribution in [2.45, 2.75) is 19.4 Å². The van der Waals surface area contributed by atoms with Gasteiger partial charge in [0.1, 0.15) is 11.5 Å². The van der Waals surface area contributed by atoms with Crippen LogP contribution in [0.1, 0.15) is 25.1 Å². The molecular weight excluding hydrogens is 262 g/mol. The van der Waals surface area contributed by atoms with Gasteiger partial charge in [0.25, 0.3) is 0 Å². The van der Waals surface area contributed by atoms with Crippen LogP contribution in [0.4, 0.5) is 0 Å². The van der Waals surface area contributed by atoms with Crippen molar-refractivity contribution in [2.24, 2.45) is 0 Å². The highest BCUT2D eigenvalue weighted by molar-refractivity contribution is 5.88. The quantitative estimate of drug-likeness (QED) is 0.766. The highest BCUT2D eigenvalue weighted by Gasteiger charge is 2.07. The van der Waals surface area contributed by atoms with Gasteiger partial charge in [-0.25, -0.2) is 0 Å². The molecule has 0 amide bonds. The van der Waals surface area contributed by atoms with Gasteiger partial charge in [-0.1, -0.05) is 43.3 Å². The number of aliphatic hydroxyl groups excluding tert-OH is 1. The molecule has 1 unspecified atom stereocenters. The Morgan fingerprint density at radius 3 is 2.62 bits per heavy atom. The second kappa shape index (κ2) is 5.94. The third-order valence-corrected chi connectivity index (χ3v) is 3.46. The standard InChI is InChI=1S/C18H17NO2/c1-2-17(20)16-11-10-14(12-19-16)21-18-9-5-7-13-6-3-4-8-15(13)18/h3-12,17,20H,2H2,1H3. The van der Waals surface area contributed by atoms with E-state index in [0.29, 0.717) is 17.9 Å². The van der Waals surface area contributed by atoms with Crippen molar-refractivity contribution >= 4 is 10.8 Å². The van der Waals surface area contributed by atoms with Gasteiger partial charge in [0, 0.05) is 5.39 Å². The summed E-state index contributed by atoms with van der Waals surface area (Å²) in [6, 6.07) is 17.7. The van der Waals surface area contributed by atoms with E-state index in [1.54, 1.807) is 12.3 Å². The minimum absolute atomic E-state index is 0.517. The molecule has 1 aromatic heterocycles. The Labute approximate surface area is 123 Å². The molecule has 21 heavy (non-hydrogen) atoms. The molecule has 0 saturated carbocycles. The van der Waals surface area contributed by atoms with E-state index in [1.165, 1.54) is 0 Å². The van der Waals surface area contributed by atoms with Gasteiger partial charge in [0.15, 0.2) is 0 Å².